The van der Waals surface area contributed by atoms with Crippen LogP contribution in [0.25, 0.3) is 11.5 Å². The summed E-state index contributed by atoms with van der Waals surface area (Å²) in [4.78, 5) is 12.5. The van der Waals surface area contributed by atoms with E-state index in [1.807, 2.05) is 32.0 Å². The van der Waals surface area contributed by atoms with Crippen molar-refractivity contribution >= 4 is 11.9 Å². The average molecular weight is 353 g/mol. The third kappa shape index (κ3) is 3.66. The standard InChI is InChI=1S/C19H19N3O4/c1-11-5-6-12(2)16(7-11)18-21-22-19(26-18)20-17(23)13-8-14(24-3)10-15(9-13)25-4/h5-10H,1-4H3,(H,20,22,23). The van der Waals surface area contributed by atoms with Crippen molar-refractivity contribution in [2.45, 2.75) is 13.8 Å². The summed E-state index contributed by atoms with van der Waals surface area (Å²) in [5.41, 5.74) is 3.28. The molecule has 1 N–H and O–H groups in total. The number of nitrogens with one attached hydrogen (secondary N) is 1. The first-order chi connectivity index (χ1) is 12.5. The van der Waals surface area contributed by atoms with Gasteiger partial charge < -0.3 is 13.9 Å². The molecule has 0 aliphatic carbocycles. The molecule has 0 bridgehead atoms. The first-order valence-electron chi connectivity index (χ1n) is 7.95. The second kappa shape index (κ2) is 7.26. The Kier molecular flexibility index (Phi) is 4.88. The van der Waals surface area contributed by atoms with Crippen LogP contribution in [0.3, 0.4) is 0 Å². The van der Waals surface area contributed by atoms with Gasteiger partial charge in [0.1, 0.15) is 11.5 Å². The van der Waals surface area contributed by atoms with Crippen molar-refractivity contribution in [2.24, 2.45) is 0 Å². The molecule has 7 heteroatoms. The fourth-order valence-corrected chi connectivity index (χ4v) is 2.46. The van der Waals surface area contributed by atoms with Gasteiger partial charge in [0.2, 0.25) is 5.89 Å². The summed E-state index contributed by atoms with van der Waals surface area (Å²) in [5, 5.41) is 10.5. The molecule has 1 amide bonds. The molecule has 0 unspecified atom stereocenters. The lowest BCUT2D eigenvalue weighted by Gasteiger charge is -2.07. The predicted molar refractivity (Wildman–Crippen MR) is 96.7 cm³/mol. The summed E-state index contributed by atoms with van der Waals surface area (Å²) >= 11 is 0. The number of hydrogen-bond donors (Lipinski definition) is 1. The lowest BCUT2D eigenvalue weighted by atomic mass is 10.1. The maximum absolute atomic E-state index is 12.5. The summed E-state index contributed by atoms with van der Waals surface area (Å²) < 4.78 is 15.9. The van der Waals surface area contributed by atoms with Gasteiger partial charge in [-0.25, -0.2) is 0 Å². The third-order valence-electron chi connectivity index (χ3n) is 3.88. The van der Waals surface area contributed by atoms with E-state index >= 15 is 0 Å². The number of nitrogens with zero attached hydrogens (tertiary/aromatic N) is 2. The molecule has 26 heavy (non-hydrogen) atoms. The Morgan fingerprint density at radius 2 is 1.69 bits per heavy atom. The molecule has 0 fully saturated rings. The summed E-state index contributed by atoms with van der Waals surface area (Å²) in [5.74, 6) is 0.968. The number of aryl methyl sites for hydroxylation is 2. The minimum absolute atomic E-state index is 0.0210. The van der Waals surface area contributed by atoms with E-state index < -0.39 is 5.91 Å². The maximum atomic E-state index is 12.5. The van der Waals surface area contributed by atoms with Crippen LogP contribution in [0.4, 0.5) is 6.01 Å². The number of benzene rings is 2. The lowest BCUT2D eigenvalue weighted by molar-refractivity contribution is 0.102. The van der Waals surface area contributed by atoms with Crippen LogP contribution in [0.5, 0.6) is 11.5 Å². The van der Waals surface area contributed by atoms with Crippen LogP contribution in [-0.2, 0) is 0 Å². The van der Waals surface area contributed by atoms with E-state index in [0.29, 0.717) is 23.0 Å². The molecule has 1 heterocycles. The molecule has 134 valence electrons. The largest absolute Gasteiger partial charge is 0.497 e. The van der Waals surface area contributed by atoms with Gasteiger partial charge in [-0.05, 0) is 37.6 Å². The van der Waals surface area contributed by atoms with E-state index in [9.17, 15) is 4.79 Å². The zero-order valence-electron chi connectivity index (χ0n) is 15.0. The third-order valence-corrected chi connectivity index (χ3v) is 3.88. The van der Waals surface area contributed by atoms with E-state index in [1.54, 1.807) is 18.2 Å². The van der Waals surface area contributed by atoms with Gasteiger partial charge in [0.25, 0.3) is 5.91 Å². The van der Waals surface area contributed by atoms with E-state index in [2.05, 4.69) is 15.5 Å². The second-order valence-electron chi connectivity index (χ2n) is 5.79. The Morgan fingerprint density at radius 1 is 1.00 bits per heavy atom. The van der Waals surface area contributed by atoms with Gasteiger partial charge in [-0.1, -0.05) is 22.8 Å². The monoisotopic (exact) mass is 353 g/mol. The molecule has 2 aromatic carbocycles. The number of carbonyl (C=O) groups excluding carboxylic acids is 1. The molecular weight excluding hydrogens is 334 g/mol. The number of rotatable bonds is 5. The van der Waals surface area contributed by atoms with Crippen LogP contribution in [0.15, 0.2) is 40.8 Å². The van der Waals surface area contributed by atoms with Gasteiger partial charge in [-0.2, -0.15) is 0 Å². The van der Waals surface area contributed by atoms with Gasteiger partial charge in [0.15, 0.2) is 0 Å². The lowest BCUT2D eigenvalue weighted by Crippen LogP contribution is -2.12. The highest BCUT2D eigenvalue weighted by molar-refractivity contribution is 6.03. The zero-order valence-corrected chi connectivity index (χ0v) is 15.0. The zero-order chi connectivity index (χ0) is 18.7. The van der Waals surface area contributed by atoms with Gasteiger partial charge >= 0.3 is 6.01 Å². The Morgan fingerprint density at radius 3 is 2.35 bits per heavy atom. The molecule has 3 aromatic rings. The Bertz CT molecular complexity index is 927. The van der Waals surface area contributed by atoms with Gasteiger partial charge in [0, 0.05) is 17.2 Å². The van der Waals surface area contributed by atoms with Gasteiger partial charge in [0.05, 0.1) is 14.2 Å². The minimum atomic E-state index is -0.404. The normalized spacial score (nSPS) is 10.5. The molecule has 0 aliphatic heterocycles. The van der Waals surface area contributed by atoms with Gasteiger partial charge in [-0.15, -0.1) is 5.10 Å². The van der Waals surface area contributed by atoms with Crippen LogP contribution in [0.1, 0.15) is 21.5 Å². The highest BCUT2D eigenvalue weighted by Crippen LogP contribution is 2.26. The predicted octanol–water partition coefficient (Wildman–Crippen LogP) is 3.62. The van der Waals surface area contributed by atoms with Crippen molar-refractivity contribution in [3.63, 3.8) is 0 Å². The van der Waals surface area contributed by atoms with Crippen molar-refractivity contribution < 1.29 is 18.7 Å². The molecule has 0 spiro atoms. The van der Waals surface area contributed by atoms with Gasteiger partial charge in [-0.3, -0.25) is 10.1 Å². The number of aromatic nitrogens is 2. The number of carbonyl (C=O) groups is 1. The molecular formula is C19H19N3O4. The van der Waals surface area contributed by atoms with Crippen molar-refractivity contribution in [1.82, 2.24) is 10.2 Å². The minimum Gasteiger partial charge on any atom is -0.497 e. The maximum Gasteiger partial charge on any atom is 0.322 e. The summed E-state index contributed by atoms with van der Waals surface area (Å²) in [6.07, 6.45) is 0. The fourth-order valence-electron chi connectivity index (χ4n) is 2.46. The van der Waals surface area contributed by atoms with E-state index in [0.717, 1.165) is 16.7 Å². The molecule has 3 rings (SSSR count). The van der Waals surface area contributed by atoms with Crippen molar-refractivity contribution in [2.75, 3.05) is 19.5 Å². The van der Waals surface area contributed by atoms with E-state index in [1.165, 1.54) is 14.2 Å². The highest BCUT2D eigenvalue weighted by atomic mass is 16.5. The second-order valence-corrected chi connectivity index (χ2v) is 5.79. The van der Waals surface area contributed by atoms with Crippen LogP contribution in [0, 0.1) is 13.8 Å². The van der Waals surface area contributed by atoms with E-state index in [-0.39, 0.29) is 6.01 Å². The van der Waals surface area contributed by atoms with Crippen LogP contribution < -0.4 is 14.8 Å². The Labute approximate surface area is 151 Å². The fraction of sp³-hybridized carbons (Fsp3) is 0.211. The molecule has 0 saturated carbocycles. The average Bonchev–Trinajstić information content (AvgIpc) is 3.11. The summed E-state index contributed by atoms with van der Waals surface area (Å²) in [7, 11) is 3.04. The van der Waals surface area contributed by atoms with Crippen LogP contribution in [-0.4, -0.2) is 30.3 Å². The van der Waals surface area contributed by atoms with Crippen molar-refractivity contribution in [3.05, 3.63) is 53.1 Å². The highest BCUT2D eigenvalue weighted by Gasteiger charge is 2.15. The molecule has 0 aliphatic rings. The topological polar surface area (TPSA) is 86.5 Å². The van der Waals surface area contributed by atoms with Crippen LogP contribution in [0.2, 0.25) is 0 Å². The Balaban J connectivity index is 1.83. The number of anilines is 1. The SMILES string of the molecule is COc1cc(OC)cc(C(=O)Nc2nnc(-c3cc(C)ccc3C)o2)c1. The molecule has 0 atom stereocenters. The van der Waals surface area contributed by atoms with Crippen LogP contribution >= 0.6 is 0 Å². The number of ether oxygens (including phenoxy) is 2. The first kappa shape index (κ1) is 17.5. The van der Waals surface area contributed by atoms with Crippen molar-refractivity contribution in [3.8, 4) is 23.0 Å². The molecule has 1 aromatic heterocycles. The summed E-state index contributed by atoms with van der Waals surface area (Å²) in [6.45, 7) is 3.94. The molecule has 0 saturated heterocycles. The quantitative estimate of drug-likeness (QED) is 0.754. The number of hydrogen-bond acceptors (Lipinski definition) is 6. The molecule has 0 radical (unpaired) electrons. The summed E-state index contributed by atoms with van der Waals surface area (Å²) in [6, 6.07) is 10.8. The first-order valence-corrected chi connectivity index (χ1v) is 7.95. The number of amides is 1. The van der Waals surface area contributed by atoms with Crippen molar-refractivity contribution in [1.29, 1.82) is 0 Å². The smallest absolute Gasteiger partial charge is 0.322 e. The number of methoxy groups -OCH3 is 2. The Hall–Kier alpha value is -3.35. The van der Waals surface area contributed by atoms with E-state index in [4.69, 9.17) is 13.9 Å². The molecule has 7 nitrogen and oxygen atoms in total.